The topological polar surface area (TPSA) is 0 Å². The van der Waals surface area contributed by atoms with Gasteiger partial charge in [0.05, 0.1) is 0 Å². The van der Waals surface area contributed by atoms with Crippen molar-refractivity contribution in [2.45, 2.75) is 27.2 Å². The van der Waals surface area contributed by atoms with Gasteiger partial charge in [-0.2, -0.15) is 0 Å². The molecule has 0 fully saturated rings. The maximum atomic E-state index is 5.74. The van der Waals surface area contributed by atoms with Crippen molar-refractivity contribution in [3.63, 3.8) is 0 Å². The van der Waals surface area contributed by atoms with Crippen LogP contribution in [-0.2, 0) is 0 Å². The summed E-state index contributed by atoms with van der Waals surface area (Å²) in [6, 6.07) is 0. The summed E-state index contributed by atoms with van der Waals surface area (Å²) in [4.78, 5) is 0. The number of halogens is 2. The molecule has 0 N–H and O–H groups in total. The van der Waals surface area contributed by atoms with Crippen LogP contribution in [0.25, 0.3) is 0 Å². The van der Waals surface area contributed by atoms with Gasteiger partial charge in [-0.05, 0) is 18.4 Å². The van der Waals surface area contributed by atoms with E-state index < -0.39 is 0 Å². The summed E-state index contributed by atoms with van der Waals surface area (Å²) >= 11 is 11.4. The minimum Gasteiger partial charge on any atom is -0.0891 e. The Hall–Kier alpha value is 0.0600. The lowest BCUT2D eigenvalue weighted by Gasteiger charge is -2.10. The molecule has 1 aliphatic carbocycles. The molecular weight excluding hydrogens is 179 g/mol. The van der Waals surface area contributed by atoms with Gasteiger partial charge in [-0.15, -0.1) is 0 Å². The van der Waals surface area contributed by atoms with Crippen molar-refractivity contribution >= 4 is 23.2 Å². The lowest BCUT2D eigenvalue weighted by molar-refractivity contribution is 0.726. The van der Waals surface area contributed by atoms with Crippen molar-refractivity contribution in [1.29, 1.82) is 0 Å². The van der Waals surface area contributed by atoms with Crippen molar-refractivity contribution in [3.05, 3.63) is 22.2 Å². The van der Waals surface area contributed by atoms with E-state index in [0.717, 1.165) is 16.5 Å². The SMILES string of the molecule is CC.CC1C=C(Cl)C=C(Cl)C1. The number of hydrogen-bond acceptors (Lipinski definition) is 0. The zero-order valence-corrected chi connectivity index (χ0v) is 8.71. The van der Waals surface area contributed by atoms with Gasteiger partial charge in [0.2, 0.25) is 0 Å². The Morgan fingerprint density at radius 3 is 2.27 bits per heavy atom. The van der Waals surface area contributed by atoms with Gasteiger partial charge in [0, 0.05) is 10.1 Å². The Morgan fingerprint density at radius 1 is 1.36 bits per heavy atom. The normalized spacial score (nSPS) is 22.8. The molecule has 0 bridgehead atoms. The molecule has 0 spiro atoms. The van der Waals surface area contributed by atoms with Crippen LogP contribution in [0.5, 0.6) is 0 Å². The fourth-order valence-electron chi connectivity index (χ4n) is 0.895. The van der Waals surface area contributed by atoms with Crippen LogP contribution in [0, 0.1) is 5.92 Å². The quantitative estimate of drug-likeness (QED) is 0.538. The van der Waals surface area contributed by atoms with Crippen LogP contribution in [0.15, 0.2) is 22.2 Å². The molecule has 11 heavy (non-hydrogen) atoms. The van der Waals surface area contributed by atoms with Crippen LogP contribution in [0.1, 0.15) is 27.2 Å². The standard InChI is InChI=1S/C7H8Cl2.C2H6/c1-5-2-6(8)4-7(9)3-5;1-2/h2,4-5H,3H2,1H3;1-2H3. The minimum atomic E-state index is 0.495. The van der Waals surface area contributed by atoms with Crippen LogP contribution in [0.2, 0.25) is 0 Å². The molecule has 64 valence electrons. The molecule has 0 saturated heterocycles. The van der Waals surface area contributed by atoms with Crippen LogP contribution in [0.3, 0.4) is 0 Å². The molecule has 0 aromatic heterocycles. The third kappa shape index (κ3) is 4.49. The number of allylic oxidation sites excluding steroid dienone is 4. The lowest BCUT2D eigenvalue weighted by Crippen LogP contribution is -1.94. The molecule has 0 aromatic rings. The fourth-order valence-corrected chi connectivity index (χ4v) is 1.66. The second-order valence-electron chi connectivity index (χ2n) is 2.32. The summed E-state index contributed by atoms with van der Waals surface area (Å²) in [6.45, 7) is 6.10. The zero-order valence-electron chi connectivity index (χ0n) is 7.20. The molecule has 0 saturated carbocycles. The Balaban J connectivity index is 0.000000461. The Bertz CT molecular complexity index is 168. The average molecular weight is 193 g/mol. The second kappa shape index (κ2) is 5.68. The number of hydrogen-bond donors (Lipinski definition) is 0. The maximum Gasteiger partial charge on any atom is 0.0380 e. The number of rotatable bonds is 0. The van der Waals surface area contributed by atoms with Crippen LogP contribution < -0.4 is 0 Å². The van der Waals surface area contributed by atoms with Crippen molar-refractivity contribution in [1.82, 2.24) is 0 Å². The molecule has 0 nitrogen and oxygen atoms in total. The van der Waals surface area contributed by atoms with Gasteiger partial charge >= 0.3 is 0 Å². The van der Waals surface area contributed by atoms with E-state index in [-0.39, 0.29) is 0 Å². The van der Waals surface area contributed by atoms with E-state index in [9.17, 15) is 0 Å². The highest BCUT2D eigenvalue weighted by molar-refractivity contribution is 6.34. The van der Waals surface area contributed by atoms with Gasteiger partial charge in [-0.3, -0.25) is 0 Å². The highest BCUT2D eigenvalue weighted by atomic mass is 35.5. The highest BCUT2D eigenvalue weighted by Gasteiger charge is 2.07. The summed E-state index contributed by atoms with van der Waals surface area (Å²) in [5, 5.41) is 1.62. The van der Waals surface area contributed by atoms with Crippen LogP contribution in [0.4, 0.5) is 0 Å². The molecule has 0 amide bonds. The van der Waals surface area contributed by atoms with Gasteiger partial charge in [0.15, 0.2) is 0 Å². The van der Waals surface area contributed by atoms with E-state index in [1.54, 1.807) is 6.08 Å². The Labute approximate surface area is 78.9 Å². The predicted molar refractivity (Wildman–Crippen MR) is 53.0 cm³/mol. The van der Waals surface area contributed by atoms with Crippen LogP contribution >= 0.6 is 23.2 Å². The van der Waals surface area contributed by atoms with Gasteiger partial charge in [-0.25, -0.2) is 0 Å². The fraction of sp³-hybridized carbons (Fsp3) is 0.556. The summed E-state index contributed by atoms with van der Waals surface area (Å²) in [6.07, 6.45) is 4.73. The Kier molecular flexibility index (Phi) is 5.71. The predicted octanol–water partition coefficient (Wildman–Crippen LogP) is 4.30. The maximum absolute atomic E-state index is 5.74. The van der Waals surface area contributed by atoms with Gasteiger partial charge in [-0.1, -0.05) is 50.0 Å². The third-order valence-electron chi connectivity index (χ3n) is 1.26. The molecule has 0 radical (unpaired) electrons. The average Bonchev–Trinajstić information content (AvgIpc) is 1.88. The second-order valence-corrected chi connectivity index (χ2v) is 3.25. The monoisotopic (exact) mass is 192 g/mol. The van der Waals surface area contributed by atoms with Crippen molar-refractivity contribution in [2.75, 3.05) is 0 Å². The van der Waals surface area contributed by atoms with E-state index >= 15 is 0 Å². The summed E-state index contributed by atoms with van der Waals surface area (Å²) < 4.78 is 0. The molecule has 0 aliphatic heterocycles. The van der Waals surface area contributed by atoms with E-state index in [1.165, 1.54) is 0 Å². The first-order valence-corrected chi connectivity index (χ1v) is 4.67. The van der Waals surface area contributed by atoms with Crippen molar-refractivity contribution in [2.24, 2.45) is 5.92 Å². The van der Waals surface area contributed by atoms with Crippen molar-refractivity contribution < 1.29 is 0 Å². The zero-order chi connectivity index (χ0) is 8.85. The third-order valence-corrected chi connectivity index (χ3v) is 1.75. The van der Waals surface area contributed by atoms with Crippen LogP contribution in [-0.4, -0.2) is 0 Å². The molecule has 2 heteroatoms. The first-order valence-electron chi connectivity index (χ1n) is 3.92. The van der Waals surface area contributed by atoms with Gasteiger partial charge in [0.25, 0.3) is 0 Å². The molecule has 1 aliphatic rings. The summed E-state index contributed by atoms with van der Waals surface area (Å²) in [7, 11) is 0. The van der Waals surface area contributed by atoms with Gasteiger partial charge < -0.3 is 0 Å². The van der Waals surface area contributed by atoms with Crippen molar-refractivity contribution in [3.8, 4) is 0 Å². The molecule has 1 rings (SSSR count). The first kappa shape index (κ1) is 11.1. The lowest BCUT2D eigenvalue weighted by atomic mass is 10.0. The van der Waals surface area contributed by atoms with E-state index in [4.69, 9.17) is 23.2 Å². The summed E-state index contributed by atoms with van der Waals surface area (Å²) in [5.74, 6) is 0.495. The highest BCUT2D eigenvalue weighted by Crippen LogP contribution is 2.26. The van der Waals surface area contributed by atoms with E-state index in [1.807, 2.05) is 19.9 Å². The largest absolute Gasteiger partial charge is 0.0891 e. The smallest absolute Gasteiger partial charge is 0.0380 e. The minimum absolute atomic E-state index is 0.495. The first-order chi connectivity index (χ1) is 5.18. The molecule has 1 atom stereocenters. The molecule has 0 aromatic carbocycles. The molecule has 1 unspecified atom stereocenters. The van der Waals surface area contributed by atoms with E-state index in [0.29, 0.717) is 5.92 Å². The molecule has 0 heterocycles. The Morgan fingerprint density at radius 2 is 1.91 bits per heavy atom. The molecular formula is C9H14Cl2. The van der Waals surface area contributed by atoms with Gasteiger partial charge in [0.1, 0.15) is 0 Å². The summed E-state index contributed by atoms with van der Waals surface area (Å²) in [5.41, 5.74) is 0. The van der Waals surface area contributed by atoms with E-state index in [2.05, 4.69) is 6.92 Å².